The SMILES string of the molecule is C=C/C(=C\C(=C)Br)[N+](=O)[O-]. The second-order valence-electron chi connectivity index (χ2n) is 1.48. The third kappa shape index (κ3) is 3.19. The summed E-state index contributed by atoms with van der Waals surface area (Å²) in [6.45, 7) is 6.68. The first-order valence-electron chi connectivity index (χ1n) is 2.41. The molecule has 0 bridgehead atoms. The van der Waals surface area contributed by atoms with E-state index in [0.29, 0.717) is 4.48 Å². The van der Waals surface area contributed by atoms with E-state index in [1.165, 1.54) is 6.08 Å². The van der Waals surface area contributed by atoms with Crippen molar-refractivity contribution in [3.05, 3.63) is 45.6 Å². The standard InChI is InChI=1S/C6H6BrNO2/c1-3-6(8(9)10)4-5(2)7/h3-4H,1-2H2/b6-4+. The summed E-state index contributed by atoms with van der Waals surface area (Å²) in [6, 6.07) is 0. The van der Waals surface area contributed by atoms with Crippen LogP contribution >= 0.6 is 15.9 Å². The molecule has 3 nitrogen and oxygen atoms in total. The van der Waals surface area contributed by atoms with Crippen LogP contribution < -0.4 is 0 Å². The van der Waals surface area contributed by atoms with E-state index in [0.717, 1.165) is 6.08 Å². The van der Waals surface area contributed by atoms with Crippen molar-refractivity contribution in [1.29, 1.82) is 0 Å². The lowest BCUT2D eigenvalue weighted by molar-refractivity contribution is -0.418. The van der Waals surface area contributed by atoms with Crippen molar-refractivity contribution < 1.29 is 4.92 Å². The topological polar surface area (TPSA) is 43.1 Å². The predicted octanol–water partition coefficient (Wildman–Crippen LogP) is 2.24. The van der Waals surface area contributed by atoms with Crippen molar-refractivity contribution in [2.75, 3.05) is 0 Å². The molecular formula is C6H6BrNO2. The van der Waals surface area contributed by atoms with Crippen molar-refractivity contribution >= 4 is 15.9 Å². The Balaban J connectivity index is 4.49. The fourth-order valence-electron chi connectivity index (χ4n) is 0.347. The van der Waals surface area contributed by atoms with Crippen LogP contribution in [0, 0.1) is 10.1 Å². The summed E-state index contributed by atoms with van der Waals surface area (Å²) in [4.78, 5) is 9.54. The van der Waals surface area contributed by atoms with Crippen LogP contribution in [0.15, 0.2) is 35.5 Å². The minimum atomic E-state index is -0.528. The van der Waals surface area contributed by atoms with Gasteiger partial charge in [0, 0.05) is 16.6 Å². The van der Waals surface area contributed by atoms with Gasteiger partial charge in [-0.2, -0.15) is 0 Å². The van der Waals surface area contributed by atoms with Gasteiger partial charge >= 0.3 is 0 Å². The fourth-order valence-corrected chi connectivity index (χ4v) is 0.581. The first-order chi connectivity index (χ1) is 4.57. The van der Waals surface area contributed by atoms with Gasteiger partial charge in [-0.1, -0.05) is 29.1 Å². The smallest absolute Gasteiger partial charge is 0.258 e. The van der Waals surface area contributed by atoms with E-state index in [4.69, 9.17) is 0 Å². The van der Waals surface area contributed by atoms with Crippen LogP contribution in [0.1, 0.15) is 0 Å². The molecule has 0 rings (SSSR count). The maximum Gasteiger partial charge on any atom is 0.269 e. The summed E-state index contributed by atoms with van der Waals surface area (Å²) in [6.07, 6.45) is 2.44. The molecule has 0 heterocycles. The Hall–Kier alpha value is -0.900. The number of nitrogens with zero attached hydrogens (tertiary/aromatic N) is 1. The van der Waals surface area contributed by atoms with E-state index in [2.05, 4.69) is 29.1 Å². The summed E-state index contributed by atoms with van der Waals surface area (Å²) >= 11 is 2.96. The zero-order valence-corrected chi connectivity index (χ0v) is 6.80. The lowest BCUT2D eigenvalue weighted by Crippen LogP contribution is -1.93. The van der Waals surface area contributed by atoms with Crippen molar-refractivity contribution in [3.8, 4) is 0 Å². The van der Waals surface area contributed by atoms with Crippen LogP contribution in [0.25, 0.3) is 0 Å². The fraction of sp³-hybridized carbons (Fsp3) is 0. The number of hydrogen-bond acceptors (Lipinski definition) is 2. The Kier molecular flexibility index (Phi) is 3.64. The van der Waals surface area contributed by atoms with Gasteiger partial charge in [-0.25, -0.2) is 0 Å². The van der Waals surface area contributed by atoms with E-state index in [1.807, 2.05) is 0 Å². The molecule has 0 aliphatic rings. The van der Waals surface area contributed by atoms with Gasteiger partial charge in [-0.05, 0) is 0 Å². The molecule has 0 aliphatic heterocycles. The Morgan fingerprint density at radius 2 is 2.20 bits per heavy atom. The van der Waals surface area contributed by atoms with Gasteiger partial charge in [0.15, 0.2) is 0 Å². The lowest BCUT2D eigenvalue weighted by atomic mass is 10.4. The van der Waals surface area contributed by atoms with E-state index in [-0.39, 0.29) is 5.70 Å². The van der Waals surface area contributed by atoms with E-state index in [9.17, 15) is 10.1 Å². The third-order valence-corrected chi connectivity index (χ3v) is 0.953. The summed E-state index contributed by atoms with van der Waals surface area (Å²) in [5.41, 5.74) is -0.0677. The number of halogens is 1. The van der Waals surface area contributed by atoms with Crippen molar-refractivity contribution in [3.63, 3.8) is 0 Å². The zero-order chi connectivity index (χ0) is 8.15. The monoisotopic (exact) mass is 203 g/mol. The molecular weight excluding hydrogens is 198 g/mol. The Morgan fingerprint density at radius 1 is 1.70 bits per heavy atom. The molecule has 0 radical (unpaired) electrons. The van der Waals surface area contributed by atoms with Crippen LogP contribution in [-0.2, 0) is 0 Å². The lowest BCUT2D eigenvalue weighted by Gasteiger charge is -1.87. The molecule has 0 fully saturated rings. The van der Waals surface area contributed by atoms with Crippen LogP contribution in [-0.4, -0.2) is 4.92 Å². The molecule has 0 amide bonds. The number of allylic oxidation sites excluding steroid dienone is 3. The van der Waals surface area contributed by atoms with Crippen LogP contribution in [0.2, 0.25) is 0 Å². The molecule has 0 aromatic rings. The minimum Gasteiger partial charge on any atom is -0.258 e. The molecule has 0 spiro atoms. The second-order valence-corrected chi connectivity index (χ2v) is 2.50. The average molecular weight is 204 g/mol. The van der Waals surface area contributed by atoms with Crippen LogP contribution in [0.3, 0.4) is 0 Å². The quantitative estimate of drug-likeness (QED) is 0.402. The first-order valence-corrected chi connectivity index (χ1v) is 3.20. The number of nitro groups is 1. The summed E-state index contributed by atoms with van der Waals surface area (Å²) < 4.78 is 0.458. The predicted molar refractivity (Wildman–Crippen MR) is 43.3 cm³/mol. The van der Waals surface area contributed by atoms with Gasteiger partial charge in [0.1, 0.15) is 0 Å². The molecule has 0 N–H and O–H groups in total. The summed E-state index contributed by atoms with van der Waals surface area (Å²) in [5.74, 6) is 0. The Labute approximate surface area is 67.0 Å². The molecule has 0 aromatic carbocycles. The summed E-state index contributed by atoms with van der Waals surface area (Å²) in [5, 5.41) is 10.1. The molecule has 0 saturated heterocycles. The molecule has 10 heavy (non-hydrogen) atoms. The first kappa shape index (κ1) is 9.10. The number of hydrogen-bond donors (Lipinski definition) is 0. The molecule has 0 aromatic heterocycles. The Bertz CT molecular complexity index is 208. The largest absolute Gasteiger partial charge is 0.269 e. The van der Waals surface area contributed by atoms with Gasteiger partial charge in [0.2, 0.25) is 0 Å². The van der Waals surface area contributed by atoms with E-state index >= 15 is 0 Å². The molecule has 0 unspecified atom stereocenters. The molecule has 4 heteroatoms. The maximum atomic E-state index is 10.1. The molecule has 0 aliphatic carbocycles. The second kappa shape index (κ2) is 4.00. The molecule has 54 valence electrons. The maximum absolute atomic E-state index is 10.1. The van der Waals surface area contributed by atoms with Crippen molar-refractivity contribution in [2.24, 2.45) is 0 Å². The highest BCUT2D eigenvalue weighted by atomic mass is 79.9. The number of rotatable bonds is 3. The Morgan fingerprint density at radius 3 is 2.30 bits per heavy atom. The van der Waals surface area contributed by atoms with Gasteiger partial charge in [-0.15, -0.1) is 0 Å². The van der Waals surface area contributed by atoms with Gasteiger partial charge in [0.25, 0.3) is 5.70 Å². The highest BCUT2D eigenvalue weighted by Crippen LogP contribution is 2.07. The van der Waals surface area contributed by atoms with Crippen LogP contribution in [0.5, 0.6) is 0 Å². The zero-order valence-electron chi connectivity index (χ0n) is 5.21. The van der Waals surface area contributed by atoms with E-state index < -0.39 is 4.92 Å². The molecule has 0 saturated carbocycles. The van der Waals surface area contributed by atoms with Crippen molar-refractivity contribution in [2.45, 2.75) is 0 Å². The van der Waals surface area contributed by atoms with Crippen molar-refractivity contribution in [1.82, 2.24) is 0 Å². The highest BCUT2D eigenvalue weighted by molar-refractivity contribution is 9.11. The normalized spacial score (nSPS) is 10.7. The van der Waals surface area contributed by atoms with Gasteiger partial charge in [0.05, 0.1) is 4.92 Å². The van der Waals surface area contributed by atoms with E-state index in [1.54, 1.807) is 0 Å². The van der Waals surface area contributed by atoms with Gasteiger partial charge in [-0.3, -0.25) is 10.1 Å². The summed E-state index contributed by atoms with van der Waals surface area (Å²) in [7, 11) is 0. The average Bonchev–Trinajstić information content (AvgIpc) is 1.81. The third-order valence-electron chi connectivity index (χ3n) is 0.724. The highest BCUT2D eigenvalue weighted by Gasteiger charge is 2.02. The molecule has 0 atom stereocenters. The van der Waals surface area contributed by atoms with Gasteiger partial charge < -0.3 is 0 Å². The minimum absolute atomic E-state index is 0.0677. The van der Waals surface area contributed by atoms with Crippen LogP contribution in [0.4, 0.5) is 0 Å².